The van der Waals surface area contributed by atoms with Crippen LogP contribution in [0.3, 0.4) is 0 Å². The second-order valence-corrected chi connectivity index (χ2v) is 6.70. The first kappa shape index (κ1) is 17.3. The lowest BCUT2D eigenvalue weighted by Crippen LogP contribution is -2.47. The van der Waals surface area contributed by atoms with Crippen molar-refractivity contribution in [2.24, 2.45) is 5.73 Å². The van der Waals surface area contributed by atoms with Gasteiger partial charge in [0, 0.05) is 18.2 Å². The van der Waals surface area contributed by atoms with Crippen molar-refractivity contribution < 1.29 is 14.1 Å². The first-order chi connectivity index (χ1) is 13.1. The highest BCUT2D eigenvalue weighted by Gasteiger charge is 2.30. The molecule has 1 aromatic heterocycles. The first-order valence-electron chi connectivity index (χ1n) is 8.84. The molecule has 0 spiro atoms. The zero-order chi connectivity index (χ0) is 18.8. The number of hydrogen-bond donors (Lipinski definition) is 1. The van der Waals surface area contributed by atoms with Crippen molar-refractivity contribution in [3.05, 3.63) is 71.5 Å². The summed E-state index contributed by atoms with van der Waals surface area (Å²) in [4.78, 5) is 14.0. The molecule has 1 amide bonds. The van der Waals surface area contributed by atoms with E-state index in [4.69, 9.17) is 15.0 Å². The lowest BCUT2D eigenvalue weighted by molar-refractivity contribution is -0.124. The largest absolute Gasteiger partial charge is 0.497 e. The lowest BCUT2D eigenvalue weighted by Gasteiger charge is -2.34. The van der Waals surface area contributed by atoms with Crippen LogP contribution in [0.2, 0.25) is 0 Å². The maximum atomic E-state index is 12.0. The highest BCUT2D eigenvalue weighted by Crippen LogP contribution is 2.27. The molecule has 0 bridgehead atoms. The number of carbonyl (C=O) groups is 1. The predicted molar refractivity (Wildman–Crippen MR) is 101 cm³/mol. The Morgan fingerprint density at radius 1 is 1.22 bits per heavy atom. The molecule has 2 heterocycles. The van der Waals surface area contributed by atoms with Crippen molar-refractivity contribution in [3.63, 3.8) is 0 Å². The van der Waals surface area contributed by atoms with Crippen molar-refractivity contribution >= 4 is 5.91 Å². The van der Waals surface area contributed by atoms with Gasteiger partial charge in [0.2, 0.25) is 5.91 Å². The number of fused-ring (bicyclic) bond motifs is 1. The van der Waals surface area contributed by atoms with Crippen LogP contribution >= 0.6 is 0 Å². The van der Waals surface area contributed by atoms with Crippen molar-refractivity contribution in [1.29, 1.82) is 0 Å². The van der Waals surface area contributed by atoms with E-state index in [2.05, 4.69) is 17.3 Å². The Balaban J connectivity index is 1.54. The van der Waals surface area contributed by atoms with Gasteiger partial charge in [0.15, 0.2) is 5.76 Å². The van der Waals surface area contributed by atoms with E-state index >= 15 is 0 Å². The molecule has 6 heteroatoms. The zero-order valence-electron chi connectivity index (χ0n) is 15.1. The third kappa shape index (κ3) is 3.57. The summed E-state index contributed by atoms with van der Waals surface area (Å²) in [7, 11) is 1.63. The molecular formula is C21H21N3O3. The van der Waals surface area contributed by atoms with Gasteiger partial charge in [-0.3, -0.25) is 9.69 Å². The van der Waals surface area contributed by atoms with E-state index in [1.54, 1.807) is 7.11 Å². The summed E-state index contributed by atoms with van der Waals surface area (Å²) in [6.45, 7) is 1.13. The quantitative estimate of drug-likeness (QED) is 0.754. The minimum Gasteiger partial charge on any atom is -0.497 e. The number of methoxy groups -OCH3 is 1. The number of aromatic nitrogens is 1. The molecule has 0 radical (unpaired) electrons. The molecule has 0 saturated heterocycles. The monoisotopic (exact) mass is 363 g/mol. The Kier molecular flexibility index (Phi) is 4.64. The number of ether oxygens (including phenoxy) is 1. The van der Waals surface area contributed by atoms with Crippen LogP contribution in [0.5, 0.6) is 5.75 Å². The topological polar surface area (TPSA) is 81.6 Å². The fraction of sp³-hybridized carbons (Fsp3) is 0.238. The number of hydrogen-bond acceptors (Lipinski definition) is 5. The number of carbonyl (C=O) groups excluding carboxylic acids is 1. The van der Waals surface area contributed by atoms with Crippen molar-refractivity contribution in [2.75, 3.05) is 7.11 Å². The minimum atomic E-state index is -0.352. The molecule has 1 atom stereocenters. The minimum absolute atomic E-state index is 0.320. The SMILES string of the molecule is COc1ccc(-c2cc(CN3Cc4ccccc4C[C@H]3C(N)=O)on2)cc1. The average molecular weight is 363 g/mol. The van der Waals surface area contributed by atoms with Crippen molar-refractivity contribution in [3.8, 4) is 17.0 Å². The van der Waals surface area contributed by atoms with Crippen molar-refractivity contribution in [2.45, 2.75) is 25.6 Å². The summed E-state index contributed by atoms with van der Waals surface area (Å²) in [6.07, 6.45) is 0.616. The molecule has 0 fully saturated rings. The standard InChI is InChI=1S/C21H21N3O3/c1-26-17-8-6-14(7-9-17)19-11-18(27-23-19)13-24-12-16-5-3-2-4-15(16)10-20(24)21(22)25/h2-9,11,20H,10,12-13H2,1H3,(H2,22,25)/t20-/m0/s1. The van der Waals surface area contributed by atoms with Crippen LogP contribution in [0.15, 0.2) is 59.1 Å². The van der Waals surface area contributed by atoms with Crippen LogP contribution in [-0.2, 0) is 24.3 Å². The first-order valence-corrected chi connectivity index (χ1v) is 8.84. The van der Waals surface area contributed by atoms with E-state index in [0.29, 0.717) is 25.3 Å². The van der Waals surface area contributed by atoms with Crippen LogP contribution in [0.25, 0.3) is 11.3 Å². The molecule has 0 unspecified atom stereocenters. The van der Waals surface area contributed by atoms with Gasteiger partial charge >= 0.3 is 0 Å². The highest BCUT2D eigenvalue weighted by molar-refractivity contribution is 5.80. The van der Waals surface area contributed by atoms with Crippen LogP contribution in [-0.4, -0.2) is 29.1 Å². The number of primary amides is 1. The maximum absolute atomic E-state index is 12.0. The molecule has 0 aliphatic carbocycles. The van der Waals surface area contributed by atoms with Gasteiger partial charge in [-0.25, -0.2) is 0 Å². The van der Waals surface area contributed by atoms with E-state index in [1.165, 1.54) is 11.1 Å². The van der Waals surface area contributed by atoms with Gasteiger partial charge in [-0.05, 0) is 41.8 Å². The third-order valence-corrected chi connectivity index (χ3v) is 4.98. The second-order valence-electron chi connectivity index (χ2n) is 6.70. The molecule has 0 saturated carbocycles. The summed E-state index contributed by atoms with van der Waals surface area (Å²) in [5.41, 5.74) is 9.74. The third-order valence-electron chi connectivity index (χ3n) is 4.98. The molecule has 4 rings (SSSR count). The van der Waals surface area contributed by atoms with E-state index in [-0.39, 0.29) is 11.9 Å². The molecule has 2 aromatic carbocycles. The van der Waals surface area contributed by atoms with Crippen LogP contribution < -0.4 is 10.5 Å². The molecule has 1 aliphatic rings. The predicted octanol–water partition coefficient (Wildman–Crippen LogP) is 2.76. The Hall–Kier alpha value is -3.12. The number of nitrogens with two attached hydrogens (primary N) is 1. The number of benzene rings is 2. The van der Waals surface area contributed by atoms with Gasteiger partial charge in [-0.1, -0.05) is 29.4 Å². The molecule has 3 aromatic rings. The lowest BCUT2D eigenvalue weighted by atomic mass is 9.93. The van der Waals surface area contributed by atoms with Gasteiger partial charge < -0.3 is 15.0 Å². The Morgan fingerprint density at radius 3 is 2.67 bits per heavy atom. The van der Waals surface area contributed by atoms with Crippen LogP contribution in [0.4, 0.5) is 0 Å². The molecule has 6 nitrogen and oxygen atoms in total. The van der Waals surface area contributed by atoms with E-state index in [1.807, 2.05) is 47.4 Å². The maximum Gasteiger partial charge on any atom is 0.235 e. The average Bonchev–Trinajstić information content (AvgIpc) is 3.16. The molecular weight excluding hydrogens is 342 g/mol. The molecule has 2 N–H and O–H groups in total. The molecule has 1 aliphatic heterocycles. The molecule has 138 valence electrons. The van der Waals surface area contributed by atoms with Gasteiger partial charge in [0.25, 0.3) is 0 Å². The normalized spacial score (nSPS) is 16.7. The van der Waals surface area contributed by atoms with E-state index < -0.39 is 0 Å². The van der Waals surface area contributed by atoms with Crippen LogP contribution in [0, 0.1) is 0 Å². The second kappa shape index (κ2) is 7.25. The van der Waals surface area contributed by atoms with E-state index in [9.17, 15) is 4.79 Å². The van der Waals surface area contributed by atoms with Crippen LogP contribution in [0.1, 0.15) is 16.9 Å². The fourth-order valence-corrected chi connectivity index (χ4v) is 3.51. The Labute approximate surface area is 157 Å². The summed E-state index contributed by atoms with van der Waals surface area (Å²) < 4.78 is 10.7. The van der Waals surface area contributed by atoms with Gasteiger partial charge in [0.1, 0.15) is 11.4 Å². The summed E-state index contributed by atoms with van der Waals surface area (Å²) in [6, 6.07) is 17.3. The van der Waals surface area contributed by atoms with Crippen molar-refractivity contribution in [1.82, 2.24) is 10.1 Å². The fourth-order valence-electron chi connectivity index (χ4n) is 3.51. The smallest absolute Gasteiger partial charge is 0.235 e. The summed E-state index contributed by atoms with van der Waals surface area (Å²) in [5.74, 6) is 1.17. The number of amides is 1. The number of rotatable bonds is 5. The Bertz CT molecular complexity index is 949. The Morgan fingerprint density at radius 2 is 1.96 bits per heavy atom. The highest BCUT2D eigenvalue weighted by atomic mass is 16.5. The summed E-state index contributed by atoms with van der Waals surface area (Å²) >= 11 is 0. The van der Waals surface area contributed by atoms with Gasteiger partial charge in [-0.2, -0.15) is 0 Å². The van der Waals surface area contributed by atoms with E-state index in [0.717, 1.165) is 17.0 Å². The molecule has 27 heavy (non-hydrogen) atoms. The van der Waals surface area contributed by atoms with Gasteiger partial charge in [0.05, 0.1) is 19.7 Å². The summed E-state index contributed by atoms with van der Waals surface area (Å²) in [5, 5.41) is 4.16. The number of nitrogens with zero attached hydrogens (tertiary/aromatic N) is 2. The zero-order valence-corrected chi connectivity index (χ0v) is 15.1. The van der Waals surface area contributed by atoms with Gasteiger partial charge in [-0.15, -0.1) is 0 Å².